The van der Waals surface area contributed by atoms with Gasteiger partial charge in [-0.2, -0.15) is 0 Å². The summed E-state index contributed by atoms with van der Waals surface area (Å²) >= 11 is 7.79. The Kier molecular flexibility index (Phi) is 6.13. The Labute approximate surface area is 178 Å². The van der Waals surface area contributed by atoms with Crippen LogP contribution in [0.5, 0.6) is 0 Å². The molecule has 4 nitrogen and oxygen atoms in total. The van der Waals surface area contributed by atoms with Gasteiger partial charge in [0.2, 0.25) is 0 Å². The van der Waals surface area contributed by atoms with Crippen molar-refractivity contribution in [1.29, 1.82) is 0 Å². The summed E-state index contributed by atoms with van der Waals surface area (Å²) in [6, 6.07) is 12.2. The first kappa shape index (κ1) is 20.3. The van der Waals surface area contributed by atoms with Gasteiger partial charge in [0.1, 0.15) is 5.82 Å². The van der Waals surface area contributed by atoms with Crippen LogP contribution in [0.25, 0.3) is 10.2 Å². The van der Waals surface area contributed by atoms with E-state index in [0.29, 0.717) is 5.92 Å². The molecule has 29 heavy (non-hydrogen) atoms. The van der Waals surface area contributed by atoms with E-state index in [9.17, 15) is 9.18 Å². The zero-order valence-corrected chi connectivity index (χ0v) is 17.8. The van der Waals surface area contributed by atoms with Gasteiger partial charge in [0, 0.05) is 18.6 Å². The van der Waals surface area contributed by atoms with Crippen molar-refractivity contribution in [3.63, 3.8) is 0 Å². The normalized spacial score (nSPS) is 16.6. The molecule has 0 radical (unpaired) electrons. The number of halogens is 2. The SMILES string of the molecule is CN=c1sc2cc(Cl)ccc2n1CC1CCN(CC(=O)c2ccccc2F)CC1. The maximum Gasteiger partial charge on any atom is 0.185 e. The molecule has 152 valence electrons. The average Bonchev–Trinajstić information content (AvgIpc) is 3.06. The molecule has 0 atom stereocenters. The Morgan fingerprint density at radius 2 is 2.00 bits per heavy atom. The minimum absolute atomic E-state index is 0.149. The Bertz CT molecular complexity index is 1100. The minimum atomic E-state index is -0.441. The molecule has 1 fully saturated rings. The van der Waals surface area contributed by atoms with E-state index in [1.807, 2.05) is 19.2 Å². The molecule has 4 rings (SSSR count). The van der Waals surface area contributed by atoms with Crippen LogP contribution in [0.4, 0.5) is 4.39 Å². The lowest BCUT2D eigenvalue weighted by Gasteiger charge is -2.31. The number of aromatic nitrogens is 1. The Morgan fingerprint density at radius 1 is 1.24 bits per heavy atom. The predicted octanol–water partition coefficient (Wildman–Crippen LogP) is 4.62. The lowest BCUT2D eigenvalue weighted by molar-refractivity contribution is 0.0886. The van der Waals surface area contributed by atoms with Crippen molar-refractivity contribution in [2.24, 2.45) is 10.9 Å². The second-order valence-corrected chi connectivity index (χ2v) is 8.90. The van der Waals surface area contributed by atoms with Crippen LogP contribution in [-0.4, -0.2) is 41.9 Å². The van der Waals surface area contributed by atoms with Crippen LogP contribution >= 0.6 is 22.9 Å². The Morgan fingerprint density at radius 3 is 2.72 bits per heavy atom. The third-order valence-electron chi connectivity index (χ3n) is 5.53. The van der Waals surface area contributed by atoms with Crippen molar-refractivity contribution in [3.05, 3.63) is 63.7 Å². The highest BCUT2D eigenvalue weighted by Gasteiger charge is 2.23. The second kappa shape index (κ2) is 8.78. The summed E-state index contributed by atoms with van der Waals surface area (Å²) in [7, 11) is 1.82. The number of benzene rings is 2. The summed E-state index contributed by atoms with van der Waals surface area (Å²) in [5.41, 5.74) is 1.35. The predicted molar refractivity (Wildman–Crippen MR) is 116 cm³/mol. The van der Waals surface area contributed by atoms with Crippen LogP contribution in [0, 0.1) is 11.7 Å². The average molecular weight is 432 g/mol. The number of rotatable bonds is 5. The van der Waals surface area contributed by atoms with Crippen LogP contribution in [0.3, 0.4) is 0 Å². The third kappa shape index (κ3) is 4.44. The van der Waals surface area contributed by atoms with Crippen molar-refractivity contribution in [3.8, 4) is 0 Å². The highest BCUT2D eigenvalue weighted by Crippen LogP contribution is 2.25. The molecule has 7 heteroatoms. The molecule has 0 N–H and O–H groups in total. The number of fused-ring (bicyclic) bond motifs is 1. The largest absolute Gasteiger partial charge is 0.316 e. The van der Waals surface area contributed by atoms with Gasteiger partial charge in [-0.1, -0.05) is 35.1 Å². The lowest BCUT2D eigenvalue weighted by Crippen LogP contribution is -2.39. The molecule has 1 aliphatic rings. The summed E-state index contributed by atoms with van der Waals surface area (Å²) in [6.07, 6.45) is 2.01. The zero-order valence-electron chi connectivity index (χ0n) is 16.3. The van der Waals surface area contributed by atoms with E-state index in [2.05, 4.69) is 20.5 Å². The zero-order chi connectivity index (χ0) is 20.4. The number of piperidine rings is 1. The number of Topliss-reactive ketones (excluding diaryl/α,β-unsaturated/α-hetero) is 1. The van der Waals surface area contributed by atoms with Gasteiger partial charge in [0.05, 0.1) is 22.3 Å². The van der Waals surface area contributed by atoms with Crippen molar-refractivity contribution in [2.75, 3.05) is 26.7 Å². The molecule has 0 spiro atoms. The van der Waals surface area contributed by atoms with Crippen molar-refractivity contribution in [2.45, 2.75) is 19.4 Å². The van der Waals surface area contributed by atoms with Gasteiger partial charge in [-0.05, 0) is 62.2 Å². The topological polar surface area (TPSA) is 37.6 Å². The summed E-state index contributed by atoms with van der Waals surface area (Å²) in [4.78, 5) is 20.0. The highest BCUT2D eigenvalue weighted by molar-refractivity contribution is 7.16. The molecular formula is C22H23ClFN3OS. The molecule has 0 aliphatic carbocycles. The Balaban J connectivity index is 1.40. The summed E-state index contributed by atoms with van der Waals surface area (Å²) in [5, 5.41) is 0.737. The number of thiazole rings is 1. The van der Waals surface area contributed by atoms with Gasteiger partial charge in [0.25, 0.3) is 0 Å². The first-order valence-electron chi connectivity index (χ1n) is 9.77. The number of hydrogen-bond donors (Lipinski definition) is 0. The number of carbonyl (C=O) groups excluding carboxylic acids is 1. The third-order valence-corrected chi connectivity index (χ3v) is 6.89. The van der Waals surface area contributed by atoms with E-state index in [1.165, 1.54) is 6.07 Å². The summed E-state index contributed by atoms with van der Waals surface area (Å²) < 4.78 is 17.3. The van der Waals surface area contributed by atoms with Gasteiger partial charge in [-0.15, -0.1) is 0 Å². The van der Waals surface area contributed by atoms with Crippen LogP contribution < -0.4 is 4.80 Å². The first-order valence-corrected chi connectivity index (χ1v) is 11.0. The highest BCUT2D eigenvalue weighted by atomic mass is 35.5. The maximum atomic E-state index is 13.8. The minimum Gasteiger partial charge on any atom is -0.316 e. The Hall–Kier alpha value is -2.02. The molecule has 1 saturated heterocycles. The van der Waals surface area contributed by atoms with E-state index in [4.69, 9.17) is 11.6 Å². The quantitative estimate of drug-likeness (QED) is 0.553. The van der Waals surface area contributed by atoms with Gasteiger partial charge >= 0.3 is 0 Å². The number of hydrogen-bond acceptors (Lipinski definition) is 4. The molecule has 2 aromatic carbocycles. The van der Waals surface area contributed by atoms with Crippen LogP contribution in [0.2, 0.25) is 5.02 Å². The fourth-order valence-corrected chi connectivity index (χ4v) is 5.23. The van der Waals surface area contributed by atoms with Gasteiger partial charge in [-0.3, -0.25) is 14.7 Å². The van der Waals surface area contributed by atoms with Gasteiger partial charge in [0.15, 0.2) is 10.6 Å². The molecule has 0 unspecified atom stereocenters. The first-order chi connectivity index (χ1) is 14.0. The molecule has 0 amide bonds. The van der Waals surface area contributed by atoms with Gasteiger partial charge in [-0.25, -0.2) is 4.39 Å². The molecule has 0 saturated carbocycles. The van der Waals surface area contributed by atoms with Crippen LogP contribution in [0.1, 0.15) is 23.2 Å². The number of ketones is 1. The van der Waals surface area contributed by atoms with Crippen LogP contribution in [-0.2, 0) is 6.54 Å². The number of carbonyl (C=O) groups is 1. The lowest BCUT2D eigenvalue weighted by atomic mass is 9.96. The van der Waals surface area contributed by atoms with E-state index < -0.39 is 5.82 Å². The molecule has 1 aromatic heterocycles. The molecule has 0 bridgehead atoms. The van der Waals surface area contributed by atoms with Crippen molar-refractivity contribution in [1.82, 2.24) is 9.47 Å². The monoisotopic (exact) mass is 431 g/mol. The number of likely N-dealkylation sites (tertiary alicyclic amines) is 1. The fourth-order valence-electron chi connectivity index (χ4n) is 3.95. The van der Waals surface area contributed by atoms with E-state index >= 15 is 0 Å². The molecule has 2 heterocycles. The summed E-state index contributed by atoms with van der Waals surface area (Å²) in [6.45, 7) is 2.87. The second-order valence-electron chi connectivity index (χ2n) is 7.45. The summed E-state index contributed by atoms with van der Waals surface area (Å²) in [5.74, 6) is -0.0680. The van der Waals surface area contributed by atoms with Crippen LogP contribution in [0.15, 0.2) is 47.5 Å². The molecule has 1 aliphatic heterocycles. The standard InChI is InChI=1S/C22H23ClFN3OS/c1-25-22-27(19-7-6-16(23)12-21(19)29-22)13-15-8-10-26(11-9-15)14-20(28)17-4-2-3-5-18(17)24/h2-7,12,15H,8-11,13-14H2,1H3. The van der Waals surface area contributed by atoms with Gasteiger partial charge < -0.3 is 4.57 Å². The molecule has 3 aromatic rings. The molecular weight excluding hydrogens is 409 g/mol. The van der Waals surface area contributed by atoms with Crippen molar-refractivity contribution >= 4 is 38.9 Å². The van der Waals surface area contributed by atoms with E-state index in [0.717, 1.165) is 52.5 Å². The number of nitrogens with zero attached hydrogens (tertiary/aromatic N) is 3. The maximum absolute atomic E-state index is 13.8. The fraction of sp³-hybridized carbons (Fsp3) is 0.364. The van der Waals surface area contributed by atoms with E-state index in [1.54, 1.807) is 29.5 Å². The van der Waals surface area contributed by atoms with Crippen molar-refractivity contribution < 1.29 is 9.18 Å². The smallest absolute Gasteiger partial charge is 0.185 e. The van der Waals surface area contributed by atoms with E-state index in [-0.39, 0.29) is 17.9 Å².